The van der Waals surface area contributed by atoms with Crippen LogP contribution in [-0.2, 0) is 21.2 Å². The van der Waals surface area contributed by atoms with Crippen LogP contribution in [-0.4, -0.2) is 27.3 Å². The molecule has 2 rings (SSSR count). The Morgan fingerprint density at radius 2 is 1.79 bits per heavy atom. The van der Waals surface area contributed by atoms with Crippen LogP contribution in [0.15, 0.2) is 51.8 Å². The molecule has 0 unspecified atom stereocenters. The van der Waals surface area contributed by atoms with Crippen molar-refractivity contribution >= 4 is 31.9 Å². The summed E-state index contributed by atoms with van der Waals surface area (Å²) in [5.41, 5.74) is 0.315. The van der Waals surface area contributed by atoms with E-state index < -0.39 is 28.0 Å². The third kappa shape index (κ3) is 6.41. The predicted octanol–water partition coefficient (Wildman–Crippen LogP) is 3.79. The highest BCUT2D eigenvalue weighted by Crippen LogP contribution is 2.28. The summed E-state index contributed by atoms with van der Waals surface area (Å²) in [6, 6.07) is 8.58. The predicted molar refractivity (Wildman–Crippen MR) is 97.5 cm³/mol. The number of amides is 1. The fourth-order valence-corrected chi connectivity index (χ4v) is 3.82. The van der Waals surface area contributed by atoms with E-state index in [9.17, 15) is 26.4 Å². The molecular formula is C17H15BrF3NO5S. The molecule has 0 fully saturated rings. The summed E-state index contributed by atoms with van der Waals surface area (Å²) < 4.78 is 72.4. The summed E-state index contributed by atoms with van der Waals surface area (Å²) in [7, 11) is -4.12. The van der Waals surface area contributed by atoms with E-state index in [1.807, 2.05) is 4.72 Å². The van der Waals surface area contributed by atoms with Crippen molar-refractivity contribution in [3.05, 3.63) is 52.5 Å². The molecule has 0 aromatic heterocycles. The van der Waals surface area contributed by atoms with Crippen LogP contribution in [0.4, 0.5) is 13.2 Å². The number of rotatable bonds is 7. The molecule has 11 heteroatoms. The maximum absolute atomic E-state index is 12.3. The van der Waals surface area contributed by atoms with Crippen LogP contribution in [0.3, 0.4) is 0 Å². The first-order valence-electron chi connectivity index (χ1n) is 7.83. The highest BCUT2D eigenvalue weighted by molar-refractivity contribution is 9.10. The molecule has 0 aliphatic rings. The number of hydrogen-bond acceptors (Lipinski definition) is 5. The summed E-state index contributed by atoms with van der Waals surface area (Å²) in [5.74, 6) is -0.827. The molecular weight excluding hydrogens is 467 g/mol. The summed E-state index contributed by atoms with van der Waals surface area (Å²) >= 11 is 3.19. The van der Waals surface area contributed by atoms with Crippen LogP contribution in [0.2, 0.25) is 0 Å². The number of benzene rings is 2. The Morgan fingerprint density at radius 1 is 1.14 bits per heavy atom. The first-order chi connectivity index (χ1) is 13.0. The Hall–Kier alpha value is -2.27. The monoisotopic (exact) mass is 481 g/mol. The van der Waals surface area contributed by atoms with Gasteiger partial charge in [-0.1, -0.05) is 12.1 Å². The van der Waals surface area contributed by atoms with Crippen molar-refractivity contribution < 1.29 is 35.9 Å². The van der Waals surface area contributed by atoms with Gasteiger partial charge < -0.3 is 9.47 Å². The van der Waals surface area contributed by atoms with Crippen LogP contribution in [0.25, 0.3) is 0 Å². The Labute approximate surface area is 167 Å². The van der Waals surface area contributed by atoms with Crippen molar-refractivity contribution in [1.29, 1.82) is 0 Å². The lowest BCUT2D eigenvalue weighted by Crippen LogP contribution is -2.31. The Bertz CT molecular complexity index is 946. The molecule has 1 N–H and O–H groups in total. The van der Waals surface area contributed by atoms with E-state index in [1.165, 1.54) is 30.3 Å². The van der Waals surface area contributed by atoms with Gasteiger partial charge in [0.2, 0.25) is 5.91 Å². The van der Waals surface area contributed by atoms with Gasteiger partial charge in [-0.15, -0.1) is 13.2 Å². The van der Waals surface area contributed by atoms with Crippen molar-refractivity contribution in [1.82, 2.24) is 4.72 Å². The van der Waals surface area contributed by atoms with E-state index in [0.717, 1.165) is 12.1 Å². The van der Waals surface area contributed by atoms with Crippen molar-refractivity contribution in [2.45, 2.75) is 24.6 Å². The largest absolute Gasteiger partial charge is 0.573 e. The number of ether oxygens (including phenoxy) is 2. The van der Waals surface area contributed by atoms with Crippen LogP contribution >= 0.6 is 15.9 Å². The zero-order valence-corrected chi connectivity index (χ0v) is 16.8. The molecule has 0 bridgehead atoms. The van der Waals surface area contributed by atoms with E-state index in [4.69, 9.17) is 4.74 Å². The van der Waals surface area contributed by atoms with E-state index >= 15 is 0 Å². The molecule has 0 aliphatic heterocycles. The summed E-state index contributed by atoms with van der Waals surface area (Å²) in [4.78, 5) is 11.9. The minimum absolute atomic E-state index is 0.148. The molecule has 0 saturated heterocycles. The molecule has 0 atom stereocenters. The van der Waals surface area contributed by atoms with Crippen molar-refractivity contribution in [3.63, 3.8) is 0 Å². The molecule has 152 valence electrons. The van der Waals surface area contributed by atoms with Crippen LogP contribution in [0.1, 0.15) is 12.5 Å². The molecule has 28 heavy (non-hydrogen) atoms. The second kappa shape index (κ2) is 8.82. The molecule has 2 aromatic carbocycles. The van der Waals surface area contributed by atoms with Gasteiger partial charge in [0.15, 0.2) is 0 Å². The molecule has 0 heterocycles. The van der Waals surface area contributed by atoms with Gasteiger partial charge in [-0.25, -0.2) is 13.1 Å². The number of sulfonamides is 1. The molecule has 1 amide bonds. The minimum atomic E-state index is -4.82. The number of halogens is 4. The molecule has 0 aliphatic carbocycles. The second-order valence-corrected chi connectivity index (χ2v) is 7.96. The van der Waals surface area contributed by atoms with Gasteiger partial charge in [0.05, 0.1) is 22.4 Å². The third-order valence-electron chi connectivity index (χ3n) is 3.28. The minimum Gasteiger partial charge on any atom is -0.493 e. The van der Waals surface area contributed by atoms with Gasteiger partial charge in [-0.3, -0.25) is 4.79 Å². The number of carbonyl (C=O) groups excluding carboxylic acids is 1. The summed E-state index contributed by atoms with van der Waals surface area (Å²) in [6.07, 6.45) is -5.16. The van der Waals surface area contributed by atoms with Gasteiger partial charge in [-0.2, -0.15) is 0 Å². The van der Waals surface area contributed by atoms with E-state index in [2.05, 4.69) is 20.7 Å². The topological polar surface area (TPSA) is 81.7 Å². The van der Waals surface area contributed by atoms with Gasteiger partial charge in [0, 0.05) is 0 Å². The van der Waals surface area contributed by atoms with Crippen LogP contribution in [0.5, 0.6) is 11.5 Å². The zero-order valence-electron chi connectivity index (χ0n) is 14.4. The lowest BCUT2D eigenvalue weighted by Gasteiger charge is -2.11. The lowest BCUT2D eigenvalue weighted by molar-refractivity contribution is -0.274. The first-order valence-corrected chi connectivity index (χ1v) is 10.1. The number of hydrogen-bond donors (Lipinski definition) is 1. The van der Waals surface area contributed by atoms with E-state index in [1.54, 1.807) is 6.92 Å². The van der Waals surface area contributed by atoms with Crippen molar-refractivity contribution in [3.8, 4) is 11.5 Å². The molecule has 0 spiro atoms. The average molecular weight is 482 g/mol. The zero-order chi connectivity index (χ0) is 20.9. The Morgan fingerprint density at radius 3 is 2.32 bits per heavy atom. The highest BCUT2D eigenvalue weighted by Gasteiger charge is 2.31. The van der Waals surface area contributed by atoms with Crippen LogP contribution in [0, 0.1) is 0 Å². The average Bonchev–Trinajstić information content (AvgIpc) is 2.56. The standard InChI is InChI=1S/C17H15BrF3NO5S/c1-2-26-15-8-7-13(10-14(15)18)28(24,25)22-16(23)9-11-3-5-12(6-4-11)27-17(19,20)21/h3-8,10H,2,9H2,1H3,(H,22,23). The number of nitrogens with one attached hydrogen (secondary N) is 1. The summed E-state index contributed by atoms with van der Waals surface area (Å²) in [6.45, 7) is 2.17. The number of carbonyl (C=O) groups is 1. The fourth-order valence-electron chi connectivity index (χ4n) is 2.16. The van der Waals surface area contributed by atoms with Crippen molar-refractivity contribution in [2.24, 2.45) is 0 Å². The quantitative estimate of drug-likeness (QED) is 0.650. The Kier molecular flexibility index (Phi) is 6.94. The SMILES string of the molecule is CCOc1ccc(S(=O)(=O)NC(=O)Cc2ccc(OC(F)(F)F)cc2)cc1Br. The smallest absolute Gasteiger partial charge is 0.493 e. The van der Waals surface area contributed by atoms with Crippen molar-refractivity contribution in [2.75, 3.05) is 6.61 Å². The molecule has 0 saturated carbocycles. The second-order valence-electron chi connectivity index (χ2n) is 5.42. The third-order valence-corrected chi connectivity index (χ3v) is 5.27. The van der Waals surface area contributed by atoms with Crippen LogP contribution < -0.4 is 14.2 Å². The summed E-state index contributed by atoms with van der Waals surface area (Å²) in [5, 5.41) is 0. The van der Waals surface area contributed by atoms with Gasteiger partial charge in [-0.05, 0) is 58.7 Å². The maximum Gasteiger partial charge on any atom is 0.573 e. The van der Waals surface area contributed by atoms with Gasteiger partial charge >= 0.3 is 6.36 Å². The molecule has 0 radical (unpaired) electrons. The highest BCUT2D eigenvalue weighted by atomic mass is 79.9. The fraction of sp³-hybridized carbons (Fsp3) is 0.235. The lowest BCUT2D eigenvalue weighted by atomic mass is 10.1. The van der Waals surface area contributed by atoms with E-state index in [0.29, 0.717) is 22.4 Å². The first kappa shape index (κ1) is 22.0. The number of alkyl halides is 3. The Balaban J connectivity index is 2.04. The normalized spacial score (nSPS) is 11.8. The molecule has 6 nitrogen and oxygen atoms in total. The van der Waals surface area contributed by atoms with E-state index in [-0.39, 0.29) is 11.3 Å². The van der Waals surface area contributed by atoms with Gasteiger partial charge in [0.25, 0.3) is 10.0 Å². The van der Waals surface area contributed by atoms with Gasteiger partial charge in [0.1, 0.15) is 11.5 Å². The molecule has 2 aromatic rings. The maximum atomic E-state index is 12.3.